The molecule has 1 aromatic rings. The van der Waals surface area contributed by atoms with E-state index in [0.717, 1.165) is 0 Å². The van der Waals surface area contributed by atoms with E-state index in [2.05, 4.69) is 10.3 Å². The molecule has 72 valence electrons. The molecule has 0 fully saturated rings. The number of nitrogens with zero attached hydrogens (tertiary/aromatic N) is 2. The molecule has 1 aromatic heterocycles. The maximum absolute atomic E-state index is 12.2. The van der Waals surface area contributed by atoms with Gasteiger partial charge < -0.3 is 5.32 Å². The molecule has 0 bridgehead atoms. The van der Waals surface area contributed by atoms with Gasteiger partial charge in [0.05, 0.1) is 11.9 Å². The summed E-state index contributed by atoms with van der Waals surface area (Å²) in [5, 5.41) is 10.6. The lowest BCUT2D eigenvalue weighted by Gasteiger charge is -2.03. The number of anilines is 1. The first-order valence-corrected chi connectivity index (χ1v) is 4.02. The third-order valence-electron chi connectivity index (χ3n) is 1.34. The van der Waals surface area contributed by atoms with Gasteiger partial charge in [0.2, 0.25) is 0 Å². The summed E-state index contributed by atoms with van der Waals surface area (Å²) in [6.07, 6.45) is 1.25. The molecule has 1 atom stereocenters. The Kier molecular flexibility index (Phi) is 3.37. The second-order valence-corrected chi connectivity index (χ2v) is 2.72. The minimum absolute atomic E-state index is 0.214. The van der Waals surface area contributed by atoms with Gasteiger partial charge in [-0.2, -0.15) is 5.26 Å². The van der Waals surface area contributed by atoms with Crippen LogP contribution in [0.4, 0.5) is 10.1 Å². The molecule has 0 aliphatic heterocycles. The molecular formula is C8H5ClFN3O. The highest BCUT2D eigenvalue weighted by Gasteiger charge is 2.12. The van der Waals surface area contributed by atoms with Crippen molar-refractivity contribution in [2.75, 3.05) is 5.32 Å². The maximum atomic E-state index is 12.2. The van der Waals surface area contributed by atoms with Crippen molar-refractivity contribution >= 4 is 23.2 Å². The molecule has 1 rings (SSSR count). The fourth-order valence-corrected chi connectivity index (χ4v) is 0.785. The molecule has 0 spiro atoms. The van der Waals surface area contributed by atoms with Crippen LogP contribution in [0.5, 0.6) is 0 Å². The van der Waals surface area contributed by atoms with Crippen molar-refractivity contribution in [3.63, 3.8) is 0 Å². The zero-order valence-electron chi connectivity index (χ0n) is 6.87. The van der Waals surface area contributed by atoms with Crippen LogP contribution >= 0.6 is 11.6 Å². The Morgan fingerprint density at radius 2 is 2.43 bits per heavy atom. The van der Waals surface area contributed by atoms with Crippen LogP contribution in [-0.2, 0) is 4.79 Å². The SMILES string of the molecule is N#Cc1ccc(NC(=O)C(F)Cl)cn1. The van der Waals surface area contributed by atoms with Gasteiger partial charge in [-0.1, -0.05) is 11.6 Å². The highest BCUT2D eigenvalue weighted by molar-refractivity contribution is 6.31. The predicted octanol–water partition coefficient (Wildman–Crippen LogP) is 1.43. The lowest BCUT2D eigenvalue weighted by atomic mass is 10.3. The Hall–Kier alpha value is -1.67. The molecule has 0 saturated heterocycles. The Bertz CT molecular complexity index is 371. The number of hydrogen-bond acceptors (Lipinski definition) is 3. The van der Waals surface area contributed by atoms with E-state index in [1.165, 1.54) is 18.3 Å². The minimum atomic E-state index is -2.09. The largest absolute Gasteiger partial charge is 0.321 e. The van der Waals surface area contributed by atoms with Crippen molar-refractivity contribution in [3.05, 3.63) is 24.0 Å². The summed E-state index contributed by atoms with van der Waals surface area (Å²) in [5.41, 5.74) is -1.59. The summed E-state index contributed by atoms with van der Waals surface area (Å²) >= 11 is 4.89. The predicted molar refractivity (Wildman–Crippen MR) is 48.3 cm³/mol. The molecule has 0 aromatic carbocycles. The maximum Gasteiger partial charge on any atom is 0.274 e. The van der Waals surface area contributed by atoms with E-state index in [9.17, 15) is 9.18 Å². The first kappa shape index (κ1) is 10.4. The minimum Gasteiger partial charge on any atom is -0.321 e. The van der Waals surface area contributed by atoms with E-state index in [4.69, 9.17) is 16.9 Å². The highest BCUT2D eigenvalue weighted by atomic mass is 35.5. The number of carbonyl (C=O) groups excluding carboxylic acids is 1. The number of pyridine rings is 1. The Labute approximate surface area is 84.3 Å². The molecule has 0 radical (unpaired) electrons. The van der Waals surface area contributed by atoms with Gasteiger partial charge in [-0.25, -0.2) is 9.37 Å². The smallest absolute Gasteiger partial charge is 0.274 e. The van der Waals surface area contributed by atoms with Crippen LogP contribution in [0, 0.1) is 11.3 Å². The highest BCUT2D eigenvalue weighted by Crippen LogP contribution is 2.08. The van der Waals surface area contributed by atoms with E-state index in [-0.39, 0.29) is 11.4 Å². The van der Waals surface area contributed by atoms with Crippen molar-refractivity contribution in [1.82, 2.24) is 4.98 Å². The molecule has 0 aliphatic carbocycles. The van der Waals surface area contributed by atoms with Crippen LogP contribution in [-0.4, -0.2) is 16.5 Å². The second-order valence-electron chi connectivity index (χ2n) is 2.33. The summed E-state index contributed by atoms with van der Waals surface area (Å²) < 4.78 is 12.2. The van der Waals surface area contributed by atoms with Crippen LogP contribution in [0.2, 0.25) is 0 Å². The van der Waals surface area contributed by atoms with E-state index in [0.29, 0.717) is 0 Å². The van der Waals surface area contributed by atoms with Gasteiger partial charge in [-0.3, -0.25) is 4.79 Å². The van der Waals surface area contributed by atoms with Crippen molar-refractivity contribution in [2.45, 2.75) is 5.63 Å². The summed E-state index contributed by atoms with van der Waals surface area (Å²) in [4.78, 5) is 14.4. The Morgan fingerprint density at radius 1 is 1.71 bits per heavy atom. The van der Waals surface area contributed by atoms with E-state index < -0.39 is 11.5 Å². The van der Waals surface area contributed by atoms with Gasteiger partial charge in [-0.15, -0.1) is 0 Å². The van der Waals surface area contributed by atoms with Crippen LogP contribution in [0.15, 0.2) is 18.3 Å². The van der Waals surface area contributed by atoms with Crippen molar-refractivity contribution in [1.29, 1.82) is 5.26 Å². The van der Waals surface area contributed by atoms with E-state index in [1.54, 1.807) is 6.07 Å². The average molecular weight is 214 g/mol. The third kappa shape index (κ3) is 2.68. The third-order valence-corrected chi connectivity index (χ3v) is 1.54. The van der Waals surface area contributed by atoms with Gasteiger partial charge in [0.1, 0.15) is 11.8 Å². The lowest BCUT2D eigenvalue weighted by Crippen LogP contribution is -2.19. The van der Waals surface area contributed by atoms with Gasteiger partial charge in [-0.05, 0) is 12.1 Å². The Balaban J connectivity index is 2.70. The second kappa shape index (κ2) is 4.53. The zero-order chi connectivity index (χ0) is 10.6. The first-order chi connectivity index (χ1) is 6.63. The molecule has 1 amide bonds. The first-order valence-electron chi connectivity index (χ1n) is 3.58. The standard InChI is InChI=1S/C8H5ClFN3O/c9-7(10)8(14)13-6-2-1-5(3-11)12-4-6/h1-2,4,7H,(H,13,14). The van der Waals surface area contributed by atoms with Gasteiger partial charge >= 0.3 is 0 Å². The number of amides is 1. The topological polar surface area (TPSA) is 65.8 Å². The van der Waals surface area contributed by atoms with E-state index >= 15 is 0 Å². The molecule has 14 heavy (non-hydrogen) atoms. The lowest BCUT2D eigenvalue weighted by molar-refractivity contribution is -0.118. The quantitative estimate of drug-likeness (QED) is 0.756. The summed E-state index contributed by atoms with van der Waals surface area (Å²) in [6, 6.07) is 4.64. The summed E-state index contributed by atoms with van der Waals surface area (Å²) in [7, 11) is 0. The van der Waals surface area contributed by atoms with Crippen LogP contribution in [0.25, 0.3) is 0 Å². The zero-order valence-corrected chi connectivity index (χ0v) is 7.62. The number of nitrogens with one attached hydrogen (secondary N) is 1. The number of aromatic nitrogens is 1. The number of halogens is 2. The molecule has 0 saturated carbocycles. The summed E-state index contributed by atoms with van der Waals surface area (Å²) in [5.74, 6) is -0.960. The molecular weight excluding hydrogens is 209 g/mol. The monoisotopic (exact) mass is 213 g/mol. The van der Waals surface area contributed by atoms with E-state index in [1.807, 2.05) is 0 Å². The van der Waals surface area contributed by atoms with Crippen LogP contribution < -0.4 is 5.32 Å². The van der Waals surface area contributed by atoms with Gasteiger partial charge in [0.25, 0.3) is 11.5 Å². The molecule has 1 unspecified atom stereocenters. The average Bonchev–Trinajstić information content (AvgIpc) is 2.19. The normalized spacial score (nSPS) is 11.5. The number of alkyl halides is 2. The number of nitriles is 1. The van der Waals surface area contributed by atoms with Crippen LogP contribution in [0.3, 0.4) is 0 Å². The summed E-state index contributed by atoms with van der Waals surface area (Å²) in [6.45, 7) is 0. The van der Waals surface area contributed by atoms with Crippen molar-refractivity contribution < 1.29 is 9.18 Å². The van der Waals surface area contributed by atoms with Gasteiger partial charge in [0, 0.05) is 0 Å². The van der Waals surface area contributed by atoms with Crippen LogP contribution in [0.1, 0.15) is 5.69 Å². The molecule has 1 heterocycles. The molecule has 4 nitrogen and oxygen atoms in total. The fourth-order valence-electron chi connectivity index (χ4n) is 0.731. The van der Waals surface area contributed by atoms with Crippen molar-refractivity contribution in [2.24, 2.45) is 0 Å². The van der Waals surface area contributed by atoms with Crippen molar-refractivity contribution in [3.8, 4) is 6.07 Å². The number of carbonyl (C=O) groups is 1. The number of hydrogen-bond donors (Lipinski definition) is 1. The molecule has 1 N–H and O–H groups in total. The van der Waals surface area contributed by atoms with Gasteiger partial charge in [0.15, 0.2) is 0 Å². The Morgan fingerprint density at radius 3 is 2.86 bits per heavy atom. The molecule has 0 aliphatic rings. The molecule has 6 heteroatoms. The number of rotatable bonds is 2. The fraction of sp³-hybridized carbons (Fsp3) is 0.125.